The van der Waals surface area contributed by atoms with Gasteiger partial charge in [0.1, 0.15) is 0 Å². The average Bonchev–Trinajstić information content (AvgIpc) is 2.49. The fourth-order valence-corrected chi connectivity index (χ4v) is 1.92. The average molecular weight is 291 g/mol. The Kier molecular flexibility index (Phi) is 7.86. The summed E-state index contributed by atoms with van der Waals surface area (Å²) in [5.74, 6) is 0.413. The van der Waals surface area contributed by atoms with Gasteiger partial charge in [0.05, 0.1) is 11.7 Å². The number of unbranched alkanes of at least 4 members (excludes halogenated alkanes) is 2. The van der Waals surface area contributed by atoms with Crippen molar-refractivity contribution in [2.24, 2.45) is 10.7 Å². The van der Waals surface area contributed by atoms with Gasteiger partial charge in [-0.05, 0) is 25.0 Å². The third kappa shape index (κ3) is 6.74. The molecule has 1 unspecified atom stereocenters. The van der Waals surface area contributed by atoms with E-state index in [2.05, 4.69) is 27.5 Å². The molecule has 0 radical (unpaired) electrons. The largest absolute Gasteiger partial charge is 0.351 e. The van der Waals surface area contributed by atoms with E-state index in [4.69, 9.17) is 5.73 Å². The number of aromatic nitrogens is 1. The number of pyridine rings is 1. The quantitative estimate of drug-likeness (QED) is 0.409. The molecule has 4 N–H and O–H groups in total. The van der Waals surface area contributed by atoms with Gasteiger partial charge in [0.2, 0.25) is 0 Å². The van der Waals surface area contributed by atoms with E-state index < -0.39 is 6.03 Å². The molecule has 0 bridgehead atoms. The minimum absolute atomic E-state index is 0.0111. The molecule has 0 aliphatic carbocycles. The first-order valence-corrected chi connectivity index (χ1v) is 7.45. The maximum Gasteiger partial charge on any atom is 0.318 e. The Labute approximate surface area is 126 Å². The van der Waals surface area contributed by atoms with Gasteiger partial charge in [0.25, 0.3) is 0 Å². The highest BCUT2D eigenvalue weighted by atomic mass is 16.2. The molecule has 1 heterocycles. The summed E-state index contributed by atoms with van der Waals surface area (Å²) in [4.78, 5) is 19.8. The number of hydrogen-bond donors (Lipinski definition) is 3. The molecule has 6 heteroatoms. The molecule has 0 saturated carbocycles. The van der Waals surface area contributed by atoms with Gasteiger partial charge in [-0.3, -0.25) is 15.3 Å². The van der Waals surface area contributed by atoms with Gasteiger partial charge in [0.15, 0.2) is 5.96 Å². The van der Waals surface area contributed by atoms with Crippen LogP contribution in [-0.4, -0.2) is 23.5 Å². The Hall–Kier alpha value is -2.11. The van der Waals surface area contributed by atoms with Gasteiger partial charge in [-0.1, -0.05) is 32.8 Å². The Morgan fingerprint density at radius 3 is 2.76 bits per heavy atom. The van der Waals surface area contributed by atoms with E-state index in [0.717, 1.165) is 31.4 Å². The van der Waals surface area contributed by atoms with Crippen LogP contribution in [0.4, 0.5) is 4.79 Å². The van der Waals surface area contributed by atoms with Crippen molar-refractivity contribution in [1.82, 2.24) is 15.6 Å². The maximum atomic E-state index is 11.1. The van der Waals surface area contributed by atoms with Crippen molar-refractivity contribution in [2.45, 2.75) is 45.6 Å². The number of nitrogens with zero attached hydrogens (tertiary/aromatic N) is 2. The highest BCUT2D eigenvalue weighted by Gasteiger charge is 2.13. The normalized spacial score (nSPS) is 12.8. The van der Waals surface area contributed by atoms with Crippen LogP contribution < -0.4 is 16.4 Å². The van der Waals surface area contributed by atoms with E-state index in [-0.39, 0.29) is 6.04 Å². The van der Waals surface area contributed by atoms with Crippen molar-refractivity contribution < 1.29 is 4.79 Å². The van der Waals surface area contributed by atoms with E-state index in [0.29, 0.717) is 12.5 Å². The number of rotatable bonds is 7. The van der Waals surface area contributed by atoms with Crippen molar-refractivity contribution >= 4 is 12.0 Å². The van der Waals surface area contributed by atoms with E-state index in [1.807, 2.05) is 25.1 Å². The number of guanidine groups is 1. The molecule has 1 atom stereocenters. The number of amides is 2. The molecular weight excluding hydrogens is 266 g/mol. The number of nitrogens with two attached hydrogens (primary N) is 1. The topological polar surface area (TPSA) is 92.4 Å². The van der Waals surface area contributed by atoms with Crippen molar-refractivity contribution in [1.29, 1.82) is 0 Å². The summed E-state index contributed by atoms with van der Waals surface area (Å²) >= 11 is 0. The Balaban J connectivity index is 2.71. The molecule has 0 fully saturated rings. The Morgan fingerprint density at radius 2 is 2.19 bits per heavy atom. The molecule has 21 heavy (non-hydrogen) atoms. The molecule has 0 spiro atoms. The highest BCUT2D eigenvalue weighted by molar-refractivity contribution is 5.95. The molecule has 0 aliphatic heterocycles. The van der Waals surface area contributed by atoms with E-state index in [1.165, 1.54) is 0 Å². The van der Waals surface area contributed by atoms with E-state index in [1.54, 1.807) is 6.20 Å². The molecular formula is C15H25N5O. The van der Waals surface area contributed by atoms with Crippen LogP contribution in [0.1, 0.15) is 51.3 Å². The fourth-order valence-electron chi connectivity index (χ4n) is 1.92. The van der Waals surface area contributed by atoms with Crippen LogP contribution in [0, 0.1) is 0 Å². The van der Waals surface area contributed by atoms with Crippen LogP contribution >= 0.6 is 0 Å². The van der Waals surface area contributed by atoms with E-state index >= 15 is 0 Å². The van der Waals surface area contributed by atoms with Gasteiger partial charge >= 0.3 is 6.03 Å². The first-order chi connectivity index (χ1) is 10.2. The second-order valence-electron chi connectivity index (χ2n) is 4.79. The molecule has 6 nitrogen and oxygen atoms in total. The first kappa shape index (κ1) is 16.9. The molecule has 1 rings (SSSR count). The smallest absolute Gasteiger partial charge is 0.318 e. The van der Waals surface area contributed by atoms with Crippen molar-refractivity contribution in [3.63, 3.8) is 0 Å². The van der Waals surface area contributed by atoms with Crippen molar-refractivity contribution in [3.8, 4) is 0 Å². The number of urea groups is 1. The summed E-state index contributed by atoms with van der Waals surface area (Å²) in [6.07, 6.45) is 5.81. The molecule has 2 amide bonds. The minimum Gasteiger partial charge on any atom is -0.351 e. The number of hydrogen-bond acceptors (Lipinski definition) is 3. The zero-order chi connectivity index (χ0) is 15.5. The SMILES string of the molecule is CCCCCN=C(NC(N)=O)NC(CC)c1ccccn1. The number of carbonyl (C=O) groups excluding carboxylic acids is 1. The van der Waals surface area contributed by atoms with Gasteiger partial charge in [-0.2, -0.15) is 0 Å². The lowest BCUT2D eigenvalue weighted by Gasteiger charge is -2.19. The lowest BCUT2D eigenvalue weighted by atomic mass is 10.1. The molecule has 0 aromatic carbocycles. The molecule has 0 aliphatic rings. The monoisotopic (exact) mass is 291 g/mol. The second-order valence-corrected chi connectivity index (χ2v) is 4.79. The maximum absolute atomic E-state index is 11.1. The summed E-state index contributed by atoms with van der Waals surface area (Å²) in [6.45, 7) is 4.85. The fraction of sp³-hybridized carbons (Fsp3) is 0.533. The highest BCUT2D eigenvalue weighted by Crippen LogP contribution is 2.12. The minimum atomic E-state index is -0.618. The lowest BCUT2D eigenvalue weighted by molar-refractivity contribution is 0.252. The van der Waals surface area contributed by atoms with Crippen LogP contribution in [0.25, 0.3) is 0 Å². The molecule has 1 aromatic rings. The van der Waals surface area contributed by atoms with Gasteiger partial charge in [-0.15, -0.1) is 0 Å². The van der Waals surface area contributed by atoms with Crippen LogP contribution in [0.2, 0.25) is 0 Å². The Bertz CT molecular complexity index is 447. The van der Waals surface area contributed by atoms with Gasteiger partial charge < -0.3 is 11.1 Å². The first-order valence-electron chi connectivity index (χ1n) is 7.45. The summed E-state index contributed by atoms with van der Waals surface area (Å²) in [7, 11) is 0. The van der Waals surface area contributed by atoms with Crippen LogP contribution in [0.5, 0.6) is 0 Å². The standard InChI is InChI=1S/C15H25N5O/c1-3-5-7-11-18-15(20-14(16)21)19-12(4-2)13-9-6-8-10-17-13/h6,8-10,12H,3-5,7,11H2,1-2H3,(H4,16,18,19,20,21). The zero-order valence-corrected chi connectivity index (χ0v) is 12.8. The van der Waals surface area contributed by atoms with Crippen molar-refractivity contribution in [2.75, 3.05) is 6.54 Å². The predicted molar refractivity (Wildman–Crippen MR) is 85.0 cm³/mol. The predicted octanol–water partition coefficient (Wildman–Crippen LogP) is 2.34. The summed E-state index contributed by atoms with van der Waals surface area (Å²) < 4.78 is 0. The summed E-state index contributed by atoms with van der Waals surface area (Å²) in [5.41, 5.74) is 6.10. The van der Waals surface area contributed by atoms with Gasteiger partial charge in [0, 0.05) is 12.7 Å². The van der Waals surface area contributed by atoms with Crippen LogP contribution in [-0.2, 0) is 0 Å². The summed E-state index contributed by atoms with van der Waals surface area (Å²) in [5, 5.41) is 5.75. The van der Waals surface area contributed by atoms with Gasteiger partial charge in [-0.25, -0.2) is 4.79 Å². The third-order valence-electron chi connectivity index (χ3n) is 3.04. The lowest BCUT2D eigenvalue weighted by Crippen LogP contribution is -2.45. The number of primary amides is 1. The second kappa shape index (κ2) is 9.74. The molecule has 1 aromatic heterocycles. The number of nitrogens with one attached hydrogen (secondary N) is 2. The van der Waals surface area contributed by atoms with Crippen LogP contribution in [0.15, 0.2) is 29.4 Å². The number of carbonyl (C=O) groups is 1. The number of aliphatic imine (C=N–C) groups is 1. The third-order valence-corrected chi connectivity index (χ3v) is 3.04. The van der Waals surface area contributed by atoms with Crippen molar-refractivity contribution in [3.05, 3.63) is 30.1 Å². The van der Waals surface area contributed by atoms with Crippen LogP contribution in [0.3, 0.4) is 0 Å². The molecule has 0 saturated heterocycles. The summed E-state index contributed by atoms with van der Waals surface area (Å²) in [6, 6.07) is 5.12. The zero-order valence-electron chi connectivity index (χ0n) is 12.8. The Morgan fingerprint density at radius 1 is 1.38 bits per heavy atom. The van der Waals surface area contributed by atoms with E-state index in [9.17, 15) is 4.79 Å². The molecule has 116 valence electrons.